The van der Waals surface area contributed by atoms with E-state index >= 15 is 0 Å². The van der Waals surface area contributed by atoms with Crippen LogP contribution in [0.2, 0.25) is 0 Å². The summed E-state index contributed by atoms with van der Waals surface area (Å²) in [5.74, 6) is 0. The Morgan fingerprint density at radius 2 is 2.27 bits per heavy atom. The molecule has 4 heteroatoms. The third kappa shape index (κ3) is 6.25. The van der Waals surface area contributed by atoms with Gasteiger partial charge in [-0.05, 0) is 14.1 Å². The molecule has 4 nitrogen and oxygen atoms in total. The average molecular weight is 162 g/mol. The number of aliphatic hydroxyl groups is 1. The zero-order chi connectivity index (χ0) is 8.53. The van der Waals surface area contributed by atoms with E-state index in [1.165, 1.54) is 0 Å². The van der Waals surface area contributed by atoms with Crippen LogP contribution in [-0.4, -0.2) is 51.6 Å². The van der Waals surface area contributed by atoms with Crippen LogP contribution in [0, 0.1) is 0 Å². The van der Waals surface area contributed by atoms with Gasteiger partial charge in [0.05, 0.1) is 25.9 Å². The Labute approximate surface area is 67.9 Å². The monoisotopic (exact) mass is 162 g/mol. The minimum absolute atomic E-state index is 0.170. The maximum atomic E-state index is 8.55. The summed E-state index contributed by atoms with van der Waals surface area (Å²) in [7, 11) is 3.75. The summed E-state index contributed by atoms with van der Waals surface area (Å²) in [6, 6.07) is 0.170. The summed E-state index contributed by atoms with van der Waals surface area (Å²) in [5, 5.41) is 14.4. The summed E-state index contributed by atoms with van der Waals surface area (Å²) >= 11 is 0. The van der Waals surface area contributed by atoms with Gasteiger partial charge in [-0.15, -0.1) is 0 Å². The average Bonchev–Trinajstić information content (AvgIpc) is 2.08. The molecule has 1 fully saturated rings. The van der Waals surface area contributed by atoms with E-state index < -0.39 is 0 Å². The highest BCUT2D eigenvalue weighted by Crippen LogP contribution is 1.89. The van der Waals surface area contributed by atoms with Crippen molar-refractivity contribution in [2.24, 2.45) is 0 Å². The Morgan fingerprint density at radius 3 is 2.55 bits per heavy atom. The van der Waals surface area contributed by atoms with Gasteiger partial charge in [0.15, 0.2) is 0 Å². The second kappa shape index (κ2) is 7.94. The van der Waals surface area contributed by atoms with Crippen LogP contribution in [0.3, 0.4) is 0 Å². The minimum atomic E-state index is 0.170. The Hall–Kier alpha value is -0.160. The Morgan fingerprint density at radius 1 is 1.64 bits per heavy atom. The molecule has 1 rings (SSSR count). The molecule has 1 saturated heterocycles. The molecule has 1 unspecified atom stereocenters. The Kier molecular flexibility index (Phi) is 7.83. The molecule has 0 bridgehead atoms. The number of rotatable bonds is 1. The van der Waals surface area contributed by atoms with Crippen molar-refractivity contribution in [3.63, 3.8) is 0 Å². The molecule has 0 amide bonds. The van der Waals surface area contributed by atoms with Crippen LogP contribution in [0.4, 0.5) is 0 Å². The van der Waals surface area contributed by atoms with Crippen molar-refractivity contribution in [1.82, 2.24) is 10.6 Å². The third-order valence-electron chi connectivity index (χ3n) is 1.22. The lowest BCUT2D eigenvalue weighted by molar-refractivity contribution is 0.0550. The number of ether oxygens (including phenoxy) is 1. The van der Waals surface area contributed by atoms with Gasteiger partial charge in [-0.1, -0.05) is 0 Å². The summed E-state index contributed by atoms with van der Waals surface area (Å²) < 4.78 is 5.05. The van der Waals surface area contributed by atoms with E-state index in [1.807, 2.05) is 14.1 Å². The maximum absolute atomic E-state index is 8.55. The normalized spacial score (nSPS) is 23.7. The largest absolute Gasteiger partial charge is 0.395 e. The summed E-state index contributed by atoms with van der Waals surface area (Å²) in [6.45, 7) is 2.47. The molecule has 1 atom stereocenters. The molecule has 1 aliphatic rings. The molecule has 0 saturated carbocycles. The third-order valence-corrected chi connectivity index (χ3v) is 1.22. The van der Waals surface area contributed by atoms with Gasteiger partial charge in [-0.25, -0.2) is 0 Å². The fourth-order valence-corrected chi connectivity index (χ4v) is 0.737. The molecule has 0 aromatic heterocycles. The van der Waals surface area contributed by atoms with E-state index in [1.54, 1.807) is 0 Å². The predicted molar refractivity (Wildman–Crippen MR) is 44.7 cm³/mol. The highest BCUT2D eigenvalue weighted by Gasteiger charge is 2.09. The lowest BCUT2D eigenvalue weighted by Crippen LogP contribution is -2.43. The van der Waals surface area contributed by atoms with Gasteiger partial charge in [0.1, 0.15) is 0 Å². The van der Waals surface area contributed by atoms with E-state index in [0.29, 0.717) is 6.61 Å². The first-order valence-corrected chi connectivity index (χ1v) is 3.85. The topological polar surface area (TPSA) is 53.5 Å². The van der Waals surface area contributed by atoms with Gasteiger partial charge in [0.25, 0.3) is 0 Å². The first kappa shape index (κ1) is 10.8. The summed E-state index contributed by atoms with van der Waals surface area (Å²) in [6.07, 6.45) is 0. The van der Waals surface area contributed by atoms with Crippen molar-refractivity contribution in [3.05, 3.63) is 0 Å². The molecule has 11 heavy (non-hydrogen) atoms. The maximum Gasteiger partial charge on any atom is 0.0642 e. The van der Waals surface area contributed by atoms with E-state index in [-0.39, 0.29) is 12.6 Å². The lowest BCUT2D eigenvalue weighted by atomic mass is 10.3. The van der Waals surface area contributed by atoms with Crippen molar-refractivity contribution in [2.75, 3.05) is 40.5 Å². The first-order chi connectivity index (χ1) is 5.35. The molecule has 0 radical (unpaired) electrons. The molecule has 68 valence electrons. The van der Waals surface area contributed by atoms with Gasteiger partial charge < -0.3 is 20.5 Å². The summed E-state index contributed by atoms with van der Waals surface area (Å²) in [5.41, 5.74) is 0. The quantitative estimate of drug-likeness (QED) is 0.453. The van der Waals surface area contributed by atoms with Gasteiger partial charge in [-0.2, -0.15) is 0 Å². The van der Waals surface area contributed by atoms with E-state index in [4.69, 9.17) is 9.84 Å². The molecule has 3 N–H and O–H groups in total. The molecule has 0 aliphatic carbocycles. The molecule has 1 heterocycles. The smallest absolute Gasteiger partial charge is 0.0642 e. The van der Waals surface area contributed by atoms with Gasteiger partial charge in [-0.3, -0.25) is 0 Å². The molecular weight excluding hydrogens is 144 g/mol. The molecule has 0 spiro atoms. The van der Waals surface area contributed by atoms with Crippen LogP contribution >= 0.6 is 0 Å². The zero-order valence-electron chi connectivity index (χ0n) is 7.26. The van der Waals surface area contributed by atoms with Crippen molar-refractivity contribution >= 4 is 0 Å². The number of aliphatic hydroxyl groups excluding tert-OH is 1. The SMILES string of the molecule is CNC.OCC1COCCN1. The highest BCUT2D eigenvalue weighted by molar-refractivity contribution is 4.67. The Bertz CT molecular complexity index is 74.8. The zero-order valence-corrected chi connectivity index (χ0v) is 7.26. The van der Waals surface area contributed by atoms with Crippen LogP contribution in [-0.2, 0) is 4.74 Å². The van der Waals surface area contributed by atoms with Crippen molar-refractivity contribution < 1.29 is 9.84 Å². The van der Waals surface area contributed by atoms with E-state index in [2.05, 4.69) is 10.6 Å². The summed E-state index contributed by atoms with van der Waals surface area (Å²) in [4.78, 5) is 0. The molecular formula is C7H18N2O2. The second-order valence-electron chi connectivity index (χ2n) is 2.41. The standard InChI is InChI=1S/C5H11NO2.C2H7N/c7-3-5-4-8-2-1-6-5;1-3-2/h5-7H,1-4H2;3H,1-2H3. The second-order valence-corrected chi connectivity index (χ2v) is 2.41. The van der Waals surface area contributed by atoms with Gasteiger partial charge in [0, 0.05) is 6.54 Å². The fraction of sp³-hybridized carbons (Fsp3) is 1.00. The van der Waals surface area contributed by atoms with Crippen LogP contribution in [0.1, 0.15) is 0 Å². The number of nitrogens with one attached hydrogen (secondary N) is 2. The molecule has 1 aliphatic heterocycles. The molecule has 0 aromatic carbocycles. The fourth-order valence-electron chi connectivity index (χ4n) is 0.737. The van der Waals surface area contributed by atoms with Crippen LogP contribution < -0.4 is 10.6 Å². The Balaban J connectivity index is 0.000000292. The minimum Gasteiger partial charge on any atom is -0.395 e. The lowest BCUT2D eigenvalue weighted by Gasteiger charge is -2.21. The number of hydrogen-bond acceptors (Lipinski definition) is 4. The van der Waals surface area contributed by atoms with Crippen LogP contribution in [0.25, 0.3) is 0 Å². The van der Waals surface area contributed by atoms with Gasteiger partial charge >= 0.3 is 0 Å². The highest BCUT2D eigenvalue weighted by atomic mass is 16.5. The van der Waals surface area contributed by atoms with Crippen LogP contribution in [0.5, 0.6) is 0 Å². The van der Waals surface area contributed by atoms with Gasteiger partial charge in [0.2, 0.25) is 0 Å². The predicted octanol–water partition coefficient (Wildman–Crippen LogP) is -1.20. The number of hydrogen-bond donors (Lipinski definition) is 3. The number of morpholine rings is 1. The van der Waals surface area contributed by atoms with E-state index in [9.17, 15) is 0 Å². The molecule has 0 aromatic rings. The van der Waals surface area contributed by atoms with E-state index in [0.717, 1.165) is 13.2 Å². The van der Waals surface area contributed by atoms with Crippen molar-refractivity contribution in [1.29, 1.82) is 0 Å². The first-order valence-electron chi connectivity index (χ1n) is 3.85. The van der Waals surface area contributed by atoms with Crippen molar-refractivity contribution in [2.45, 2.75) is 6.04 Å². The van der Waals surface area contributed by atoms with Crippen LogP contribution in [0.15, 0.2) is 0 Å². The van der Waals surface area contributed by atoms with Crippen molar-refractivity contribution in [3.8, 4) is 0 Å².